The Morgan fingerprint density at radius 2 is 1.79 bits per heavy atom. The number of benzene rings is 1. The third kappa shape index (κ3) is 2.65. The average molecular weight is 326 g/mol. The number of aromatic hydroxyl groups is 1. The Kier molecular flexibility index (Phi) is 3.94. The number of nitrogens with zero attached hydrogens (tertiary/aromatic N) is 1. The second-order valence-electron chi connectivity index (χ2n) is 6.30. The van der Waals surface area contributed by atoms with Crippen LogP contribution in [0.5, 0.6) is 11.6 Å². The minimum Gasteiger partial charge on any atom is -0.508 e. The topological polar surface area (TPSA) is 54.4 Å². The highest BCUT2D eigenvalue weighted by atomic mass is 19.3. The molecule has 2 heterocycles. The largest absolute Gasteiger partial charge is 0.508 e. The zero-order chi connectivity index (χ0) is 16.5. The molecule has 2 aromatic rings. The van der Waals surface area contributed by atoms with Gasteiger partial charge in [0, 0.05) is 16.2 Å². The first-order valence-electron chi connectivity index (χ1n) is 8.30. The quantitative estimate of drug-likeness (QED) is 0.844. The smallest absolute Gasteiger partial charge is 0.263 e. The summed E-state index contributed by atoms with van der Waals surface area (Å²) in [7, 11) is 0. The van der Waals surface area contributed by atoms with Crippen LogP contribution < -0.4 is 10.3 Å². The van der Waals surface area contributed by atoms with Crippen LogP contribution in [-0.4, -0.2) is 23.2 Å². The Hall–Kier alpha value is -2.40. The van der Waals surface area contributed by atoms with Crippen LogP contribution >= 0.6 is 0 Å². The summed E-state index contributed by atoms with van der Waals surface area (Å²) in [6.45, 7) is 1.86. The molecule has 5 heteroatoms. The van der Waals surface area contributed by atoms with E-state index >= 15 is 0 Å². The number of aromatic nitrogens is 1. The molecule has 0 amide bonds. The van der Waals surface area contributed by atoms with Crippen LogP contribution in [0.25, 0.3) is 5.57 Å². The van der Waals surface area contributed by atoms with E-state index in [2.05, 4.69) is 15.2 Å². The van der Waals surface area contributed by atoms with Crippen molar-refractivity contribution in [2.45, 2.75) is 25.7 Å². The molecule has 1 aromatic heterocycles. The number of pyridine rings is 1. The lowest BCUT2D eigenvalue weighted by atomic mass is 9.89. The van der Waals surface area contributed by atoms with Crippen molar-refractivity contribution in [1.82, 2.24) is 10.3 Å². The number of piperidine rings is 1. The molecule has 0 radical (unpaired) electrons. The van der Waals surface area contributed by atoms with E-state index in [1.54, 1.807) is 12.1 Å². The molecule has 1 saturated heterocycles. The van der Waals surface area contributed by atoms with Gasteiger partial charge in [0.25, 0.3) is 5.88 Å². The number of hydrogen-bond acceptors (Lipinski definition) is 4. The lowest BCUT2D eigenvalue weighted by molar-refractivity contribution is -0.0119. The highest BCUT2D eigenvalue weighted by molar-refractivity contribution is 5.85. The third-order valence-electron chi connectivity index (χ3n) is 4.85. The van der Waals surface area contributed by atoms with Gasteiger partial charge in [-0.2, -0.15) is 0 Å². The minimum absolute atomic E-state index is 0.0111. The monoisotopic (exact) mass is 326 g/mol. The molecule has 124 valence electrons. The number of fused-ring (bicyclic) bond motifs is 2. The summed E-state index contributed by atoms with van der Waals surface area (Å²) < 4.78 is 12.7. The molecule has 0 unspecified atom stereocenters. The molecule has 0 saturated carbocycles. The van der Waals surface area contributed by atoms with Gasteiger partial charge in [-0.25, -0.2) is 4.98 Å². The summed E-state index contributed by atoms with van der Waals surface area (Å²) in [5, 5.41) is 13.2. The summed E-state index contributed by atoms with van der Waals surface area (Å²) >= 11 is 0. The predicted octanol–water partition coefficient (Wildman–Crippen LogP) is 3.33. The van der Waals surface area contributed by atoms with Crippen LogP contribution in [0.15, 0.2) is 35.9 Å². The molecule has 1 aromatic carbocycles. The van der Waals surface area contributed by atoms with E-state index in [-0.39, 0.29) is 11.6 Å². The summed E-state index contributed by atoms with van der Waals surface area (Å²) in [6, 6.07) is 8.95. The standard InChI is InChI=1S/C19H19FN2O2/c20-24-17-6-3-13-1-2-14-11-15(23)4-5-16(14)18(19(13)22-17)12-7-9-21-10-8-12/h3-6,11,21,23H,1-2,7-10H2. The first kappa shape index (κ1) is 15.1. The summed E-state index contributed by atoms with van der Waals surface area (Å²) in [5.74, 6) is 0.262. The molecule has 2 N–H and O–H groups in total. The second-order valence-corrected chi connectivity index (χ2v) is 6.30. The van der Waals surface area contributed by atoms with Gasteiger partial charge in [-0.1, -0.05) is 17.7 Å². The summed E-state index contributed by atoms with van der Waals surface area (Å²) in [4.78, 5) is 8.31. The van der Waals surface area contributed by atoms with Crippen LogP contribution in [-0.2, 0) is 12.8 Å². The molecule has 0 spiro atoms. The third-order valence-corrected chi connectivity index (χ3v) is 4.85. The summed E-state index contributed by atoms with van der Waals surface area (Å²) in [5.41, 5.74) is 6.51. The van der Waals surface area contributed by atoms with Crippen molar-refractivity contribution in [3.05, 3.63) is 58.3 Å². The predicted molar refractivity (Wildman–Crippen MR) is 89.6 cm³/mol. The number of phenols is 1. The highest BCUT2D eigenvalue weighted by Crippen LogP contribution is 2.38. The van der Waals surface area contributed by atoms with E-state index in [1.807, 2.05) is 18.2 Å². The molecule has 1 aliphatic carbocycles. The fourth-order valence-electron chi connectivity index (χ4n) is 3.70. The van der Waals surface area contributed by atoms with Crippen molar-refractivity contribution < 1.29 is 14.6 Å². The Balaban J connectivity index is 1.98. The van der Waals surface area contributed by atoms with Gasteiger partial charge in [0.2, 0.25) is 0 Å². The first-order chi connectivity index (χ1) is 11.8. The maximum Gasteiger partial charge on any atom is 0.263 e. The van der Waals surface area contributed by atoms with Gasteiger partial charge in [0.15, 0.2) is 0 Å². The van der Waals surface area contributed by atoms with E-state index < -0.39 is 0 Å². The average Bonchev–Trinajstić information content (AvgIpc) is 2.78. The van der Waals surface area contributed by atoms with Gasteiger partial charge in [0.05, 0.1) is 5.69 Å². The molecule has 1 fully saturated rings. The molecule has 1 aliphatic heterocycles. The van der Waals surface area contributed by atoms with Crippen molar-refractivity contribution in [1.29, 1.82) is 0 Å². The molecular weight excluding hydrogens is 307 g/mol. The van der Waals surface area contributed by atoms with E-state index in [4.69, 9.17) is 0 Å². The molecule has 4 rings (SSSR count). The van der Waals surface area contributed by atoms with Crippen LogP contribution in [0, 0.1) is 0 Å². The number of aryl methyl sites for hydroxylation is 2. The molecule has 4 nitrogen and oxygen atoms in total. The SMILES string of the molecule is Oc1ccc2c(c1)CCc1ccc(OF)nc1C2=C1CCNCC1. The van der Waals surface area contributed by atoms with Gasteiger partial charge in [0.1, 0.15) is 5.75 Å². The number of phenolic OH excluding ortho intramolecular Hbond substituents is 1. The van der Waals surface area contributed by atoms with Gasteiger partial charge in [-0.05, 0) is 67.6 Å². The Labute approximate surface area is 139 Å². The van der Waals surface area contributed by atoms with Crippen molar-refractivity contribution in [2.24, 2.45) is 0 Å². The molecule has 24 heavy (non-hydrogen) atoms. The lowest BCUT2D eigenvalue weighted by Crippen LogP contribution is -2.24. The van der Waals surface area contributed by atoms with Crippen LogP contribution in [0.2, 0.25) is 0 Å². The van der Waals surface area contributed by atoms with Crippen LogP contribution in [0.1, 0.15) is 35.2 Å². The van der Waals surface area contributed by atoms with E-state index in [0.29, 0.717) is 0 Å². The van der Waals surface area contributed by atoms with Crippen molar-refractivity contribution >= 4 is 5.57 Å². The van der Waals surface area contributed by atoms with Crippen molar-refractivity contribution in [2.75, 3.05) is 13.1 Å². The van der Waals surface area contributed by atoms with Gasteiger partial charge in [-0.15, -0.1) is 0 Å². The molecule has 2 aliphatic rings. The maximum absolute atomic E-state index is 12.7. The normalized spacial score (nSPS) is 17.0. The molecule has 0 atom stereocenters. The number of halogens is 1. The van der Waals surface area contributed by atoms with Crippen LogP contribution in [0.4, 0.5) is 4.53 Å². The number of hydrogen-bond donors (Lipinski definition) is 2. The van der Waals surface area contributed by atoms with Crippen molar-refractivity contribution in [3.63, 3.8) is 0 Å². The lowest BCUT2D eigenvalue weighted by Gasteiger charge is -2.22. The fraction of sp³-hybridized carbons (Fsp3) is 0.316. The van der Waals surface area contributed by atoms with Crippen molar-refractivity contribution in [3.8, 4) is 11.6 Å². The first-order valence-corrected chi connectivity index (χ1v) is 8.30. The van der Waals surface area contributed by atoms with Crippen LogP contribution in [0.3, 0.4) is 0 Å². The highest BCUT2D eigenvalue weighted by Gasteiger charge is 2.24. The van der Waals surface area contributed by atoms with E-state index in [9.17, 15) is 9.63 Å². The van der Waals surface area contributed by atoms with E-state index in [1.165, 1.54) is 5.57 Å². The minimum atomic E-state index is -0.0111. The van der Waals surface area contributed by atoms with Gasteiger partial charge >= 0.3 is 0 Å². The molecule has 0 bridgehead atoms. The fourth-order valence-corrected chi connectivity index (χ4v) is 3.70. The van der Waals surface area contributed by atoms with Gasteiger partial charge in [-0.3, -0.25) is 4.94 Å². The zero-order valence-corrected chi connectivity index (χ0v) is 13.3. The number of nitrogens with one attached hydrogen (secondary N) is 1. The van der Waals surface area contributed by atoms with Gasteiger partial charge < -0.3 is 10.4 Å². The van der Waals surface area contributed by atoms with E-state index in [0.717, 1.165) is 66.7 Å². The zero-order valence-electron chi connectivity index (χ0n) is 13.3. The Morgan fingerprint density at radius 1 is 1.00 bits per heavy atom. The number of rotatable bonds is 1. The maximum atomic E-state index is 12.7. The molecular formula is C19H19FN2O2. The Morgan fingerprint density at radius 3 is 2.58 bits per heavy atom. The Bertz CT molecular complexity index is 809. The second kappa shape index (κ2) is 6.24. The summed E-state index contributed by atoms with van der Waals surface area (Å²) in [6.07, 6.45) is 3.51.